The minimum absolute atomic E-state index is 0.0399. The van der Waals surface area contributed by atoms with Gasteiger partial charge in [0.25, 0.3) is 0 Å². The van der Waals surface area contributed by atoms with Crippen molar-refractivity contribution in [1.29, 1.82) is 0 Å². The third-order valence-corrected chi connectivity index (χ3v) is 7.38. The maximum atomic E-state index is 12.6. The summed E-state index contributed by atoms with van der Waals surface area (Å²) in [6.45, 7) is 9.19. The van der Waals surface area contributed by atoms with Gasteiger partial charge < -0.3 is 52.3 Å². The molecule has 49 heavy (non-hydrogen) atoms. The smallest absolute Gasteiger partial charge is 0.409 e. The molecular weight excluding hydrogens is 634 g/mol. The summed E-state index contributed by atoms with van der Waals surface area (Å²) < 4.78 is 54.6. The van der Waals surface area contributed by atoms with Crippen LogP contribution in [-0.4, -0.2) is 150 Å². The first-order valence-corrected chi connectivity index (χ1v) is 16.9. The van der Waals surface area contributed by atoms with Crippen molar-refractivity contribution in [2.24, 2.45) is 0 Å². The summed E-state index contributed by atoms with van der Waals surface area (Å²) in [5.41, 5.74) is 4.80. The number of benzene rings is 2. The second kappa shape index (κ2) is 26.7. The first-order valence-electron chi connectivity index (χ1n) is 16.9. The van der Waals surface area contributed by atoms with Gasteiger partial charge in [-0.25, -0.2) is 4.79 Å². The second-order valence-corrected chi connectivity index (χ2v) is 10.9. The van der Waals surface area contributed by atoms with E-state index in [1.165, 1.54) is 27.2 Å². The minimum Gasteiger partial charge on any atom is -0.448 e. The zero-order valence-electron chi connectivity index (χ0n) is 28.9. The van der Waals surface area contributed by atoms with Gasteiger partial charge in [-0.2, -0.15) is 0 Å². The Morgan fingerprint density at radius 1 is 0.571 bits per heavy atom. The van der Waals surface area contributed by atoms with E-state index in [-0.39, 0.29) is 12.0 Å². The molecule has 2 aromatic rings. The number of carbonyl (C=O) groups excluding carboxylic acids is 1. The molecule has 0 aliphatic heterocycles. The van der Waals surface area contributed by atoms with Gasteiger partial charge in [0.2, 0.25) is 0 Å². The minimum atomic E-state index is -0.364. The van der Waals surface area contributed by atoms with Crippen LogP contribution >= 0.6 is 0 Å². The van der Waals surface area contributed by atoms with Crippen molar-refractivity contribution in [2.45, 2.75) is 5.92 Å². The van der Waals surface area contributed by atoms with Gasteiger partial charge in [0.15, 0.2) is 0 Å². The number of terminal acetylenes is 1. The van der Waals surface area contributed by atoms with E-state index in [9.17, 15) is 4.79 Å². The van der Waals surface area contributed by atoms with Crippen LogP contribution in [0, 0.1) is 12.3 Å². The van der Waals surface area contributed by atoms with Crippen molar-refractivity contribution >= 4 is 6.09 Å². The Kier molecular flexibility index (Phi) is 22.0. The number of fused-ring (bicyclic) bond motifs is 3. The number of amides is 1. The zero-order valence-corrected chi connectivity index (χ0v) is 28.9. The molecule has 12 nitrogen and oxygen atoms in total. The Bertz CT molecular complexity index is 1150. The van der Waals surface area contributed by atoms with E-state index in [0.717, 1.165) is 0 Å². The monoisotopic (exact) mass is 687 g/mol. The van der Waals surface area contributed by atoms with E-state index < -0.39 is 0 Å². The number of hydrogen-bond acceptors (Lipinski definition) is 11. The van der Waals surface area contributed by atoms with Crippen molar-refractivity contribution in [3.8, 4) is 23.5 Å². The lowest BCUT2D eigenvalue weighted by Gasteiger charge is -2.19. The highest BCUT2D eigenvalue weighted by Crippen LogP contribution is 2.44. The summed E-state index contributed by atoms with van der Waals surface area (Å²) >= 11 is 0. The first kappa shape index (κ1) is 40.3. The first-order chi connectivity index (χ1) is 24.2. The zero-order chi connectivity index (χ0) is 34.6. The van der Waals surface area contributed by atoms with E-state index in [2.05, 4.69) is 30.2 Å². The number of carbonyl (C=O) groups is 1. The third-order valence-electron chi connectivity index (χ3n) is 7.38. The average Bonchev–Trinajstić information content (AvgIpc) is 3.45. The summed E-state index contributed by atoms with van der Waals surface area (Å²) in [7, 11) is 1.71. The number of hydrogen-bond donors (Lipinski definition) is 0. The molecule has 0 aromatic heterocycles. The molecular formula is C37H53NO11. The molecule has 0 saturated heterocycles. The van der Waals surface area contributed by atoms with Crippen molar-refractivity contribution in [3.63, 3.8) is 0 Å². The highest BCUT2D eigenvalue weighted by Gasteiger charge is 2.29. The molecule has 0 radical (unpaired) electrons. The lowest BCUT2D eigenvalue weighted by molar-refractivity contribution is -0.0247. The molecule has 0 heterocycles. The summed E-state index contributed by atoms with van der Waals surface area (Å²) in [5.74, 6) is 2.44. The molecule has 0 atom stereocenters. The quantitative estimate of drug-likeness (QED) is 0.0887. The van der Waals surface area contributed by atoms with Crippen LogP contribution in [0.4, 0.5) is 4.79 Å². The third kappa shape index (κ3) is 16.9. The largest absolute Gasteiger partial charge is 0.448 e. The maximum Gasteiger partial charge on any atom is 0.409 e. The molecule has 1 amide bonds. The van der Waals surface area contributed by atoms with Crippen LogP contribution in [0.5, 0.6) is 0 Å². The van der Waals surface area contributed by atoms with Gasteiger partial charge in [0, 0.05) is 19.5 Å². The molecule has 3 rings (SSSR count). The van der Waals surface area contributed by atoms with E-state index in [1.807, 2.05) is 24.3 Å². The standard InChI is InChI=1S/C37H53NO11/c1-3-13-40-15-17-42-19-21-44-23-25-46-27-29-48-30-28-47-26-24-45-22-20-43-18-16-41-14-12-38(2)37(39)49-31-36-34-10-6-4-8-32(34)33-9-5-7-11-35(33)36/h1,4-11,36H,12-31H2,2H3. The molecule has 272 valence electrons. The Morgan fingerprint density at radius 3 is 1.31 bits per heavy atom. The number of ether oxygens (including phenoxy) is 10. The molecule has 0 N–H and O–H groups in total. The average molecular weight is 688 g/mol. The Morgan fingerprint density at radius 2 is 0.918 bits per heavy atom. The van der Waals surface area contributed by atoms with Gasteiger partial charge in [-0.1, -0.05) is 54.5 Å². The molecule has 0 unspecified atom stereocenters. The molecule has 1 aliphatic rings. The van der Waals surface area contributed by atoms with E-state index in [0.29, 0.717) is 132 Å². The van der Waals surface area contributed by atoms with Crippen LogP contribution in [0.2, 0.25) is 0 Å². The lowest BCUT2D eigenvalue weighted by Crippen LogP contribution is -2.32. The normalized spacial score (nSPS) is 12.1. The predicted octanol–water partition coefficient (Wildman–Crippen LogP) is 3.65. The fraction of sp³-hybridized carbons (Fsp3) is 0.595. The van der Waals surface area contributed by atoms with E-state index >= 15 is 0 Å². The molecule has 0 saturated carbocycles. The van der Waals surface area contributed by atoms with Gasteiger partial charge in [-0.05, 0) is 22.3 Å². The summed E-state index contributed by atoms with van der Waals surface area (Å²) in [5, 5.41) is 0. The molecule has 0 fully saturated rings. The summed E-state index contributed by atoms with van der Waals surface area (Å²) in [6.07, 6.45) is 4.72. The van der Waals surface area contributed by atoms with Crippen LogP contribution in [0.3, 0.4) is 0 Å². The van der Waals surface area contributed by atoms with Crippen molar-refractivity contribution in [3.05, 3.63) is 59.7 Å². The van der Waals surface area contributed by atoms with Crippen LogP contribution in [0.1, 0.15) is 17.0 Å². The van der Waals surface area contributed by atoms with Gasteiger partial charge >= 0.3 is 6.09 Å². The van der Waals surface area contributed by atoms with Crippen molar-refractivity contribution in [1.82, 2.24) is 4.90 Å². The van der Waals surface area contributed by atoms with E-state index in [4.69, 9.17) is 53.8 Å². The fourth-order valence-corrected chi connectivity index (χ4v) is 4.89. The van der Waals surface area contributed by atoms with E-state index in [1.54, 1.807) is 7.05 Å². The second-order valence-electron chi connectivity index (χ2n) is 10.9. The number of likely N-dealkylation sites (N-methyl/N-ethyl adjacent to an activating group) is 1. The van der Waals surface area contributed by atoms with Crippen molar-refractivity contribution < 1.29 is 52.2 Å². The summed E-state index contributed by atoms with van der Waals surface area (Å²) in [6, 6.07) is 16.6. The fourth-order valence-electron chi connectivity index (χ4n) is 4.89. The number of nitrogens with zero attached hydrogens (tertiary/aromatic N) is 1. The van der Waals surface area contributed by atoms with Gasteiger partial charge in [-0.15, -0.1) is 6.42 Å². The maximum absolute atomic E-state index is 12.6. The highest BCUT2D eigenvalue weighted by atomic mass is 16.6. The van der Waals surface area contributed by atoms with Gasteiger partial charge in [0.05, 0.1) is 112 Å². The summed E-state index contributed by atoms with van der Waals surface area (Å²) in [4.78, 5) is 14.1. The lowest BCUT2D eigenvalue weighted by atomic mass is 9.98. The Balaban J connectivity index is 1.01. The SMILES string of the molecule is C#CCOCCOCCOCCOCCOCCOCCOCCOCCOCCN(C)C(=O)OCC1c2ccccc2-c2ccccc21. The molecule has 1 aliphatic carbocycles. The van der Waals surface area contributed by atoms with Gasteiger partial charge in [0.1, 0.15) is 13.2 Å². The Hall–Kier alpha value is -3.09. The molecule has 0 spiro atoms. The molecule has 12 heteroatoms. The topological polar surface area (TPSA) is 113 Å². The predicted molar refractivity (Wildman–Crippen MR) is 184 cm³/mol. The van der Waals surface area contributed by atoms with Gasteiger partial charge in [-0.3, -0.25) is 0 Å². The van der Waals surface area contributed by atoms with Crippen LogP contribution < -0.4 is 0 Å². The molecule has 2 aromatic carbocycles. The van der Waals surface area contributed by atoms with Crippen LogP contribution in [0.25, 0.3) is 11.1 Å². The Labute approximate surface area is 291 Å². The highest BCUT2D eigenvalue weighted by molar-refractivity contribution is 5.79. The number of rotatable bonds is 30. The van der Waals surface area contributed by atoms with Crippen molar-refractivity contribution in [2.75, 3.05) is 139 Å². The van der Waals surface area contributed by atoms with Crippen LogP contribution in [-0.2, 0) is 47.4 Å². The molecule has 0 bridgehead atoms. The van der Waals surface area contributed by atoms with Crippen LogP contribution in [0.15, 0.2) is 48.5 Å².